The molecule has 0 aliphatic heterocycles. The number of nitrogens with zero attached hydrogens (tertiary/aromatic N) is 1. The molecule has 0 aliphatic rings. The van der Waals surface area contributed by atoms with Crippen LogP contribution in [0.4, 0.5) is 11.4 Å². The summed E-state index contributed by atoms with van der Waals surface area (Å²) in [4.78, 5) is 2.24. The first-order chi connectivity index (χ1) is 8.56. The van der Waals surface area contributed by atoms with Gasteiger partial charge in [-0.25, -0.2) is 0 Å². The van der Waals surface area contributed by atoms with Crippen molar-refractivity contribution in [3.05, 3.63) is 59.2 Å². The van der Waals surface area contributed by atoms with Crippen molar-refractivity contribution in [2.75, 3.05) is 17.7 Å². The number of anilines is 2. The summed E-state index contributed by atoms with van der Waals surface area (Å²) in [5.41, 5.74) is 11.6. The molecule has 2 heteroatoms. The summed E-state index contributed by atoms with van der Waals surface area (Å²) < 4.78 is 0. The Morgan fingerprint density at radius 3 is 2.50 bits per heavy atom. The lowest BCUT2D eigenvalue weighted by Gasteiger charge is -2.20. The zero-order valence-corrected chi connectivity index (χ0v) is 11.3. The molecule has 0 fully saturated rings. The van der Waals surface area contributed by atoms with Gasteiger partial charge in [-0.2, -0.15) is 0 Å². The molecule has 0 aliphatic carbocycles. The molecule has 0 amide bonds. The van der Waals surface area contributed by atoms with Crippen molar-refractivity contribution in [2.24, 2.45) is 0 Å². The lowest BCUT2D eigenvalue weighted by atomic mass is 10.1. The predicted molar refractivity (Wildman–Crippen MR) is 78.9 cm³/mol. The zero-order valence-electron chi connectivity index (χ0n) is 11.3. The maximum atomic E-state index is 5.84. The molecule has 0 saturated carbocycles. The highest BCUT2D eigenvalue weighted by atomic mass is 15.1. The largest absolute Gasteiger partial charge is 0.399 e. The Bertz CT molecular complexity index is 547. The Kier molecular flexibility index (Phi) is 3.56. The summed E-state index contributed by atoms with van der Waals surface area (Å²) in [6, 6.07) is 14.8. The van der Waals surface area contributed by atoms with Gasteiger partial charge in [0.2, 0.25) is 0 Å². The van der Waals surface area contributed by atoms with Gasteiger partial charge in [-0.05, 0) is 43.2 Å². The van der Waals surface area contributed by atoms with Gasteiger partial charge in [0.1, 0.15) is 0 Å². The molecule has 2 N–H and O–H groups in total. The molecule has 2 rings (SSSR count). The van der Waals surface area contributed by atoms with Crippen LogP contribution in [0.15, 0.2) is 42.5 Å². The van der Waals surface area contributed by atoms with Gasteiger partial charge >= 0.3 is 0 Å². The quantitative estimate of drug-likeness (QED) is 0.832. The van der Waals surface area contributed by atoms with E-state index in [-0.39, 0.29) is 0 Å². The van der Waals surface area contributed by atoms with Crippen LogP contribution in [-0.4, -0.2) is 7.05 Å². The molecule has 0 atom stereocenters. The molecule has 0 unspecified atom stereocenters. The Hall–Kier alpha value is -1.96. The summed E-state index contributed by atoms with van der Waals surface area (Å²) in [5, 5.41) is 0. The lowest BCUT2D eigenvalue weighted by Crippen LogP contribution is -2.16. The van der Waals surface area contributed by atoms with Gasteiger partial charge in [0.05, 0.1) is 0 Å². The molecule has 2 aromatic rings. The van der Waals surface area contributed by atoms with E-state index in [0.717, 1.165) is 17.8 Å². The Labute approximate surface area is 109 Å². The maximum absolute atomic E-state index is 5.84. The molecule has 2 aromatic carbocycles. The van der Waals surface area contributed by atoms with Crippen molar-refractivity contribution >= 4 is 11.4 Å². The van der Waals surface area contributed by atoms with E-state index in [9.17, 15) is 0 Å². The third-order valence-electron chi connectivity index (χ3n) is 3.20. The first-order valence-electron chi connectivity index (χ1n) is 6.19. The second-order valence-electron chi connectivity index (χ2n) is 4.89. The van der Waals surface area contributed by atoms with Crippen LogP contribution >= 0.6 is 0 Å². The van der Waals surface area contributed by atoms with Gasteiger partial charge in [0, 0.05) is 25.0 Å². The smallest absolute Gasteiger partial charge is 0.0426 e. The molecule has 2 nitrogen and oxygen atoms in total. The van der Waals surface area contributed by atoms with Crippen LogP contribution in [0.2, 0.25) is 0 Å². The van der Waals surface area contributed by atoms with Gasteiger partial charge in [0.15, 0.2) is 0 Å². The fourth-order valence-corrected chi connectivity index (χ4v) is 2.07. The minimum atomic E-state index is 0.850. The molecule has 18 heavy (non-hydrogen) atoms. The molecule has 0 bridgehead atoms. The zero-order chi connectivity index (χ0) is 13.1. The maximum Gasteiger partial charge on any atom is 0.0426 e. The molecule has 94 valence electrons. The van der Waals surface area contributed by atoms with Crippen LogP contribution < -0.4 is 10.6 Å². The minimum absolute atomic E-state index is 0.850. The summed E-state index contributed by atoms with van der Waals surface area (Å²) in [6.07, 6.45) is 0. The molecule has 0 radical (unpaired) electrons. The normalized spacial score (nSPS) is 10.4. The lowest BCUT2D eigenvalue weighted by molar-refractivity contribution is 0.921. The SMILES string of the molecule is Cc1cccc(CN(C)c2ccc(N)c(C)c2)c1. The van der Waals surface area contributed by atoms with Gasteiger partial charge in [-0.1, -0.05) is 29.8 Å². The first kappa shape index (κ1) is 12.5. The molecular formula is C16H20N2. The van der Waals surface area contributed by atoms with Crippen molar-refractivity contribution in [1.29, 1.82) is 0 Å². The Morgan fingerprint density at radius 2 is 1.83 bits per heavy atom. The number of benzene rings is 2. The minimum Gasteiger partial charge on any atom is -0.399 e. The van der Waals surface area contributed by atoms with Gasteiger partial charge in [-0.3, -0.25) is 0 Å². The number of rotatable bonds is 3. The molecule has 0 saturated heterocycles. The van der Waals surface area contributed by atoms with Crippen molar-refractivity contribution in [2.45, 2.75) is 20.4 Å². The molecule has 0 spiro atoms. The third-order valence-corrected chi connectivity index (χ3v) is 3.20. The number of hydrogen-bond acceptors (Lipinski definition) is 2. The third kappa shape index (κ3) is 2.83. The Balaban J connectivity index is 2.16. The summed E-state index contributed by atoms with van der Waals surface area (Å²) in [7, 11) is 2.10. The topological polar surface area (TPSA) is 29.3 Å². The van der Waals surface area contributed by atoms with E-state index in [1.54, 1.807) is 0 Å². The number of nitrogen functional groups attached to an aromatic ring is 1. The van der Waals surface area contributed by atoms with Crippen LogP contribution in [0, 0.1) is 13.8 Å². The summed E-state index contributed by atoms with van der Waals surface area (Å²) in [6.45, 7) is 5.07. The van der Waals surface area contributed by atoms with Crippen LogP contribution in [0.3, 0.4) is 0 Å². The number of aryl methyl sites for hydroxylation is 2. The second kappa shape index (κ2) is 5.13. The molecule has 0 aromatic heterocycles. The van der Waals surface area contributed by atoms with Crippen LogP contribution in [0.25, 0.3) is 0 Å². The monoisotopic (exact) mass is 240 g/mol. The fraction of sp³-hybridized carbons (Fsp3) is 0.250. The summed E-state index contributed by atoms with van der Waals surface area (Å²) >= 11 is 0. The highest BCUT2D eigenvalue weighted by Gasteiger charge is 2.04. The van der Waals surface area contributed by atoms with Crippen molar-refractivity contribution < 1.29 is 0 Å². The van der Waals surface area contributed by atoms with Crippen molar-refractivity contribution in [3.63, 3.8) is 0 Å². The highest BCUT2D eigenvalue weighted by Crippen LogP contribution is 2.21. The van der Waals surface area contributed by atoms with Crippen LogP contribution in [-0.2, 0) is 6.54 Å². The van der Waals surface area contributed by atoms with Gasteiger partial charge < -0.3 is 10.6 Å². The fourth-order valence-electron chi connectivity index (χ4n) is 2.07. The highest BCUT2D eigenvalue weighted by molar-refractivity contribution is 5.57. The average Bonchev–Trinajstić information content (AvgIpc) is 2.32. The van der Waals surface area contributed by atoms with Crippen molar-refractivity contribution in [1.82, 2.24) is 0 Å². The standard InChI is InChI=1S/C16H20N2/c1-12-5-4-6-14(9-12)11-18(3)15-7-8-16(17)13(2)10-15/h4-10H,11,17H2,1-3H3. The second-order valence-corrected chi connectivity index (χ2v) is 4.89. The molecule has 0 heterocycles. The summed E-state index contributed by atoms with van der Waals surface area (Å²) in [5.74, 6) is 0. The van der Waals surface area contributed by atoms with E-state index in [0.29, 0.717) is 0 Å². The van der Waals surface area contributed by atoms with Crippen LogP contribution in [0.1, 0.15) is 16.7 Å². The predicted octanol–water partition coefficient (Wildman–Crippen LogP) is 3.52. The van der Waals surface area contributed by atoms with Crippen LogP contribution in [0.5, 0.6) is 0 Å². The molecular weight excluding hydrogens is 220 g/mol. The van der Waals surface area contributed by atoms with E-state index in [1.165, 1.54) is 16.8 Å². The van der Waals surface area contributed by atoms with E-state index in [4.69, 9.17) is 5.73 Å². The van der Waals surface area contributed by atoms with Crippen molar-refractivity contribution in [3.8, 4) is 0 Å². The number of hydrogen-bond donors (Lipinski definition) is 1. The van der Waals surface area contributed by atoms with E-state index < -0.39 is 0 Å². The van der Waals surface area contributed by atoms with E-state index in [1.807, 2.05) is 13.0 Å². The van der Waals surface area contributed by atoms with Gasteiger partial charge in [0.25, 0.3) is 0 Å². The van der Waals surface area contributed by atoms with E-state index >= 15 is 0 Å². The van der Waals surface area contributed by atoms with E-state index in [2.05, 4.69) is 55.3 Å². The van der Waals surface area contributed by atoms with Gasteiger partial charge in [-0.15, -0.1) is 0 Å². The first-order valence-corrected chi connectivity index (χ1v) is 6.19. The average molecular weight is 240 g/mol. The number of nitrogens with two attached hydrogens (primary N) is 1. The Morgan fingerprint density at radius 1 is 1.06 bits per heavy atom.